The Hall–Kier alpha value is -0.410. The molecule has 3 nitrogen and oxygen atoms in total. The zero-order valence-corrected chi connectivity index (χ0v) is 12.7. The maximum Gasteiger partial charge on any atom is 0.137 e. The molecule has 2 aliphatic rings. The lowest BCUT2D eigenvalue weighted by Crippen LogP contribution is -2.49. The van der Waals surface area contributed by atoms with Crippen LogP contribution in [0.5, 0.6) is 0 Å². The predicted octanol–water partition coefficient (Wildman–Crippen LogP) is 2.41. The Morgan fingerprint density at radius 1 is 1.05 bits per heavy atom. The van der Waals surface area contributed by atoms with Gasteiger partial charge in [0.1, 0.15) is 5.78 Å². The maximum absolute atomic E-state index is 12.1. The lowest BCUT2D eigenvalue weighted by molar-refractivity contribution is -0.123. The second-order valence-corrected chi connectivity index (χ2v) is 6.76. The van der Waals surface area contributed by atoms with E-state index in [9.17, 15) is 4.79 Å². The number of carbonyl (C=O) groups excluding carboxylic acids is 1. The zero-order valence-electron chi connectivity index (χ0n) is 12.7. The zero-order chi connectivity index (χ0) is 13.7. The Morgan fingerprint density at radius 3 is 2.42 bits per heavy atom. The van der Waals surface area contributed by atoms with Gasteiger partial charge < -0.3 is 9.80 Å². The van der Waals surface area contributed by atoms with Crippen molar-refractivity contribution < 1.29 is 4.79 Å². The minimum atomic E-state index is 0.333. The van der Waals surface area contributed by atoms with Crippen molar-refractivity contribution in [2.45, 2.75) is 46.0 Å². The van der Waals surface area contributed by atoms with E-state index in [0.29, 0.717) is 11.7 Å². The van der Waals surface area contributed by atoms with Crippen molar-refractivity contribution in [3.8, 4) is 0 Å². The monoisotopic (exact) mass is 266 g/mol. The Kier molecular flexibility index (Phi) is 5.83. The molecular weight excluding hydrogens is 236 g/mol. The Morgan fingerprint density at radius 2 is 1.74 bits per heavy atom. The molecule has 1 aliphatic heterocycles. The molecule has 0 spiro atoms. The number of nitrogens with zero attached hydrogens (tertiary/aromatic N) is 2. The molecule has 19 heavy (non-hydrogen) atoms. The van der Waals surface area contributed by atoms with Crippen molar-refractivity contribution in [3.63, 3.8) is 0 Å². The third kappa shape index (κ3) is 4.88. The normalized spacial score (nSPS) is 27.7. The van der Waals surface area contributed by atoms with Crippen molar-refractivity contribution >= 4 is 5.78 Å². The van der Waals surface area contributed by atoms with Crippen LogP contribution in [0.4, 0.5) is 0 Å². The smallest absolute Gasteiger partial charge is 0.137 e. The third-order valence-corrected chi connectivity index (χ3v) is 4.50. The first-order chi connectivity index (χ1) is 9.15. The number of Topliss-reactive ketones (excluding diaryl/α,β-unsaturated/α-hetero) is 1. The first-order valence-electron chi connectivity index (χ1n) is 8.12. The van der Waals surface area contributed by atoms with E-state index in [0.717, 1.165) is 44.8 Å². The van der Waals surface area contributed by atoms with Crippen molar-refractivity contribution in [2.75, 3.05) is 39.3 Å². The van der Waals surface area contributed by atoms with Crippen molar-refractivity contribution in [1.82, 2.24) is 9.80 Å². The van der Waals surface area contributed by atoms with Gasteiger partial charge in [0.25, 0.3) is 0 Å². The highest BCUT2D eigenvalue weighted by Gasteiger charge is 2.25. The van der Waals surface area contributed by atoms with Crippen LogP contribution in [0.25, 0.3) is 0 Å². The van der Waals surface area contributed by atoms with Gasteiger partial charge in [-0.1, -0.05) is 26.7 Å². The van der Waals surface area contributed by atoms with Crippen LogP contribution >= 0.6 is 0 Å². The summed E-state index contributed by atoms with van der Waals surface area (Å²) in [7, 11) is 0. The molecule has 1 unspecified atom stereocenters. The van der Waals surface area contributed by atoms with Crippen LogP contribution in [0, 0.1) is 11.8 Å². The van der Waals surface area contributed by atoms with Gasteiger partial charge in [0.05, 0.1) is 0 Å². The summed E-state index contributed by atoms with van der Waals surface area (Å²) in [6.07, 6.45) is 5.59. The van der Waals surface area contributed by atoms with Gasteiger partial charge in [-0.2, -0.15) is 0 Å². The number of carbonyl (C=O) groups is 1. The summed E-state index contributed by atoms with van der Waals surface area (Å²) in [6, 6.07) is 0. The Balaban J connectivity index is 1.73. The third-order valence-electron chi connectivity index (χ3n) is 4.50. The van der Waals surface area contributed by atoms with Gasteiger partial charge in [0, 0.05) is 51.6 Å². The van der Waals surface area contributed by atoms with E-state index in [2.05, 4.69) is 23.6 Å². The van der Waals surface area contributed by atoms with Gasteiger partial charge in [-0.3, -0.25) is 4.79 Å². The van der Waals surface area contributed by atoms with Crippen LogP contribution in [0.15, 0.2) is 0 Å². The Bertz CT molecular complexity index is 282. The van der Waals surface area contributed by atoms with Gasteiger partial charge in [-0.15, -0.1) is 0 Å². The molecule has 0 bridgehead atoms. The first-order valence-corrected chi connectivity index (χ1v) is 8.12. The van der Waals surface area contributed by atoms with Crippen LogP contribution in [0.3, 0.4) is 0 Å². The molecule has 1 heterocycles. The van der Waals surface area contributed by atoms with E-state index in [1.54, 1.807) is 0 Å². The van der Waals surface area contributed by atoms with Gasteiger partial charge in [0.15, 0.2) is 0 Å². The summed E-state index contributed by atoms with van der Waals surface area (Å²) >= 11 is 0. The van der Waals surface area contributed by atoms with E-state index >= 15 is 0 Å². The van der Waals surface area contributed by atoms with Crippen LogP contribution in [-0.4, -0.2) is 54.9 Å². The largest absolute Gasteiger partial charge is 0.301 e. The number of piperazine rings is 1. The minimum absolute atomic E-state index is 0.333. The predicted molar refractivity (Wildman–Crippen MR) is 79.3 cm³/mol. The SMILES string of the molecule is CC(C)CN1CCN(CC2CCCCCC2=O)CC1. The van der Waals surface area contributed by atoms with Crippen LogP contribution in [0.2, 0.25) is 0 Å². The number of rotatable bonds is 4. The molecule has 1 aliphatic carbocycles. The molecule has 2 fully saturated rings. The van der Waals surface area contributed by atoms with Crippen molar-refractivity contribution in [2.24, 2.45) is 11.8 Å². The molecular formula is C16H30N2O. The second kappa shape index (κ2) is 7.39. The molecule has 2 rings (SSSR count). The lowest BCUT2D eigenvalue weighted by atomic mass is 9.98. The number of hydrogen-bond donors (Lipinski definition) is 0. The fourth-order valence-corrected chi connectivity index (χ4v) is 3.41. The molecule has 0 amide bonds. The molecule has 3 heteroatoms. The van der Waals surface area contributed by atoms with Gasteiger partial charge in [-0.05, 0) is 18.8 Å². The van der Waals surface area contributed by atoms with Crippen molar-refractivity contribution in [3.05, 3.63) is 0 Å². The van der Waals surface area contributed by atoms with E-state index in [-0.39, 0.29) is 0 Å². The quantitative estimate of drug-likeness (QED) is 0.730. The number of ketones is 1. The fourth-order valence-electron chi connectivity index (χ4n) is 3.41. The molecule has 0 N–H and O–H groups in total. The van der Waals surface area contributed by atoms with Crippen molar-refractivity contribution in [1.29, 1.82) is 0 Å². The highest BCUT2D eigenvalue weighted by Crippen LogP contribution is 2.21. The molecule has 1 atom stereocenters. The molecule has 1 saturated heterocycles. The summed E-state index contributed by atoms with van der Waals surface area (Å²) in [6.45, 7) is 11.5. The van der Waals surface area contributed by atoms with Crippen LogP contribution in [0.1, 0.15) is 46.0 Å². The van der Waals surface area contributed by atoms with E-state index in [4.69, 9.17) is 0 Å². The molecule has 1 saturated carbocycles. The summed E-state index contributed by atoms with van der Waals surface area (Å²) in [5.74, 6) is 1.62. The van der Waals surface area contributed by atoms with Gasteiger partial charge in [-0.25, -0.2) is 0 Å². The van der Waals surface area contributed by atoms with E-state index < -0.39 is 0 Å². The lowest BCUT2D eigenvalue weighted by Gasteiger charge is -2.36. The highest BCUT2D eigenvalue weighted by atomic mass is 16.1. The second-order valence-electron chi connectivity index (χ2n) is 6.76. The van der Waals surface area contributed by atoms with Gasteiger partial charge >= 0.3 is 0 Å². The molecule has 110 valence electrons. The van der Waals surface area contributed by atoms with E-state index in [1.165, 1.54) is 32.5 Å². The summed E-state index contributed by atoms with van der Waals surface area (Å²) < 4.78 is 0. The molecule has 0 aromatic heterocycles. The average Bonchev–Trinajstić information content (AvgIpc) is 2.57. The summed E-state index contributed by atoms with van der Waals surface area (Å²) in [5.41, 5.74) is 0. The molecule has 0 aromatic carbocycles. The minimum Gasteiger partial charge on any atom is -0.301 e. The fraction of sp³-hybridized carbons (Fsp3) is 0.938. The van der Waals surface area contributed by atoms with E-state index in [1.807, 2.05) is 0 Å². The van der Waals surface area contributed by atoms with Crippen LogP contribution in [-0.2, 0) is 4.79 Å². The topological polar surface area (TPSA) is 23.6 Å². The van der Waals surface area contributed by atoms with Crippen LogP contribution < -0.4 is 0 Å². The molecule has 0 radical (unpaired) electrons. The van der Waals surface area contributed by atoms with Gasteiger partial charge in [0.2, 0.25) is 0 Å². The maximum atomic E-state index is 12.1. The summed E-state index contributed by atoms with van der Waals surface area (Å²) in [5, 5.41) is 0. The summed E-state index contributed by atoms with van der Waals surface area (Å²) in [4.78, 5) is 17.1. The highest BCUT2D eigenvalue weighted by molar-refractivity contribution is 5.81. The Labute approximate surface area is 118 Å². The average molecular weight is 266 g/mol. The number of hydrogen-bond acceptors (Lipinski definition) is 3. The standard InChI is InChI=1S/C16H30N2O/c1-14(2)12-17-8-10-18(11-9-17)13-15-6-4-3-5-7-16(15)19/h14-15H,3-13H2,1-2H3. The first kappa shape index (κ1) is 15.0. The molecule has 0 aromatic rings.